The minimum absolute atomic E-state index is 0.165. The minimum Gasteiger partial charge on any atom is -0.355 e. The predicted molar refractivity (Wildman–Crippen MR) is 191 cm³/mol. The number of hydrogen-bond donors (Lipinski definition) is 2. The first kappa shape index (κ1) is 32.0. The van der Waals surface area contributed by atoms with Gasteiger partial charge in [-0.1, -0.05) is 24.3 Å². The van der Waals surface area contributed by atoms with Gasteiger partial charge in [0, 0.05) is 22.5 Å². The maximum atomic E-state index is 13.7. The molecule has 0 fully saturated rings. The maximum absolute atomic E-state index is 13.7. The standard InChI is InChI=1S/C42H28F4N4/c43-33-13-1-29(2-14-33)39(47)25-40(30-3-15-34(44)16-4-30)48-37-21-9-27(10-22-37)28-11-23-38(24-12-28)50-42(32-7-19-36(46)20-8-32)26-41(49-50)31-5-17-35(45)18-6-31/h1-26,47-48H/b40-25-,47-39?. The molecule has 7 aromatic rings. The fourth-order valence-corrected chi connectivity index (χ4v) is 5.54. The second kappa shape index (κ2) is 13.9. The van der Waals surface area contributed by atoms with Crippen LogP contribution in [0.5, 0.6) is 0 Å². The highest BCUT2D eigenvalue weighted by Crippen LogP contribution is 2.31. The van der Waals surface area contributed by atoms with Gasteiger partial charge in [-0.3, -0.25) is 0 Å². The zero-order valence-corrected chi connectivity index (χ0v) is 26.4. The SMILES string of the molecule is N=C(/C=C(\Nc1ccc(-c2ccc(-n3nc(-c4ccc(F)cc4)cc3-c3ccc(F)cc3)cc2)cc1)c1ccc(F)cc1)c1ccc(F)cc1. The van der Waals surface area contributed by atoms with E-state index in [2.05, 4.69) is 5.32 Å². The number of nitrogens with zero attached hydrogens (tertiary/aromatic N) is 2. The molecular formula is C42H28F4N4. The molecule has 4 nitrogen and oxygen atoms in total. The van der Waals surface area contributed by atoms with Crippen molar-refractivity contribution in [1.29, 1.82) is 5.41 Å². The van der Waals surface area contributed by atoms with Crippen molar-refractivity contribution in [2.45, 2.75) is 0 Å². The molecule has 0 spiro atoms. The lowest BCUT2D eigenvalue weighted by atomic mass is 10.0. The van der Waals surface area contributed by atoms with Crippen LogP contribution in [-0.2, 0) is 0 Å². The molecule has 8 heteroatoms. The molecule has 50 heavy (non-hydrogen) atoms. The molecule has 6 aromatic carbocycles. The van der Waals surface area contributed by atoms with E-state index in [1.165, 1.54) is 60.7 Å². The monoisotopic (exact) mass is 664 g/mol. The van der Waals surface area contributed by atoms with E-state index in [1.807, 2.05) is 54.6 Å². The fraction of sp³-hybridized carbons (Fsp3) is 0. The van der Waals surface area contributed by atoms with Crippen molar-refractivity contribution in [3.8, 4) is 39.3 Å². The highest BCUT2D eigenvalue weighted by molar-refractivity contribution is 6.11. The maximum Gasteiger partial charge on any atom is 0.123 e. The van der Waals surface area contributed by atoms with E-state index in [1.54, 1.807) is 47.2 Å². The summed E-state index contributed by atoms with van der Waals surface area (Å²) in [7, 11) is 0. The van der Waals surface area contributed by atoms with Crippen LogP contribution in [0.4, 0.5) is 23.2 Å². The molecule has 0 radical (unpaired) electrons. The highest BCUT2D eigenvalue weighted by atomic mass is 19.1. The van der Waals surface area contributed by atoms with Gasteiger partial charge >= 0.3 is 0 Å². The van der Waals surface area contributed by atoms with E-state index in [-0.39, 0.29) is 29.0 Å². The number of aromatic nitrogens is 2. The summed E-state index contributed by atoms with van der Waals surface area (Å²) in [5.41, 5.74) is 8.36. The largest absolute Gasteiger partial charge is 0.355 e. The van der Waals surface area contributed by atoms with E-state index in [4.69, 9.17) is 10.5 Å². The molecule has 0 saturated heterocycles. The number of halogens is 4. The lowest BCUT2D eigenvalue weighted by molar-refractivity contribution is 0.627. The molecule has 1 heterocycles. The van der Waals surface area contributed by atoms with E-state index >= 15 is 0 Å². The molecule has 1 aromatic heterocycles. The van der Waals surface area contributed by atoms with Crippen molar-refractivity contribution in [2.24, 2.45) is 0 Å². The highest BCUT2D eigenvalue weighted by Gasteiger charge is 2.14. The average Bonchev–Trinajstić information content (AvgIpc) is 3.58. The third kappa shape index (κ3) is 7.15. The smallest absolute Gasteiger partial charge is 0.123 e. The quantitative estimate of drug-likeness (QED) is 0.119. The van der Waals surface area contributed by atoms with Crippen LogP contribution in [0.25, 0.3) is 45.0 Å². The molecule has 0 aliphatic carbocycles. The Kier molecular flexibility index (Phi) is 8.90. The molecule has 0 atom stereocenters. The summed E-state index contributed by atoms with van der Waals surface area (Å²) in [4.78, 5) is 0. The van der Waals surface area contributed by atoms with Crippen LogP contribution in [0, 0.1) is 28.7 Å². The summed E-state index contributed by atoms with van der Waals surface area (Å²) in [5.74, 6) is -1.43. The third-order valence-electron chi connectivity index (χ3n) is 8.20. The van der Waals surface area contributed by atoms with Crippen molar-refractivity contribution in [1.82, 2.24) is 9.78 Å². The molecule has 0 unspecified atom stereocenters. The summed E-state index contributed by atoms with van der Waals surface area (Å²) in [6.07, 6.45) is 1.63. The summed E-state index contributed by atoms with van der Waals surface area (Å²) in [5, 5.41) is 16.8. The molecule has 0 saturated carbocycles. The van der Waals surface area contributed by atoms with Gasteiger partial charge in [-0.05, 0) is 156 Å². The molecule has 0 bridgehead atoms. The van der Waals surface area contributed by atoms with Crippen molar-refractivity contribution < 1.29 is 17.6 Å². The second-order valence-electron chi connectivity index (χ2n) is 11.6. The Labute approximate surface area is 286 Å². The van der Waals surface area contributed by atoms with Gasteiger partial charge in [0.25, 0.3) is 0 Å². The van der Waals surface area contributed by atoms with Gasteiger partial charge in [-0.2, -0.15) is 5.10 Å². The van der Waals surface area contributed by atoms with Gasteiger partial charge in [-0.15, -0.1) is 0 Å². The Morgan fingerprint density at radius 2 is 0.960 bits per heavy atom. The van der Waals surface area contributed by atoms with Crippen molar-refractivity contribution >= 4 is 17.1 Å². The summed E-state index contributed by atoms with van der Waals surface area (Å²) < 4.78 is 56.3. The number of nitrogens with one attached hydrogen (secondary N) is 2. The van der Waals surface area contributed by atoms with Crippen LogP contribution in [0.3, 0.4) is 0 Å². The first-order valence-electron chi connectivity index (χ1n) is 15.7. The summed E-state index contributed by atoms with van der Waals surface area (Å²) in [6.45, 7) is 0. The normalized spacial score (nSPS) is 11.4. The van der Waals surface area contributed by atoms with E-state index in [9.17, 15) is 17.6 Å². The van der Waals surface area contributed by atoms with Crippen molar-refractivity contribution in [3.05, 3.63) is 192 Å². The van der Waals surface area contributed by atoms with E-state index in [0.29, 0.717) is 22.5 Å². The van der Waals surface area contributed by atoms with Crippen molar-refractivity contribution in [3.63, 3.8) is 0 Å². The lowest BCUT2D eigenvalue weighted by Crippen LogP contribution is -2.04. The van der Waals surface area contributed by atoms with Gasteiger partial charge in [0.15, 0.2) is 0 Å². The Hall–Kier alpha value is -6.54. The average molecular weight is 665 g/mol. The first-order valence-corrected chi connectivity index (χ1v) is 15.7. The molecule has 0 aliphatic heterocycles. The van der Waals surface area contributed by atoms with Crippen LogP contribution < -0.4 is 5.32 Å². The lowest BCUT2D eigenvalue weighted by Gasteiger charge is -2.14. The molecule has 2 N–H and O–H groups in total. The number of rotatable bonds is 9. The minimum atomic E-state index is -0.385. The van der Waals surface area contributed by atoms with Gasteiger partial charge in [0.1, 0.15) is 23.3 Å². The molecule has 244 valence electrons. The zero-order valence-electron chi connectivity index (χ0n) is 26.4. The van der Waals surface area contributed by atoms with Crippen LogP contribution >= 0.6 is 0 Å². The van der Waals surface area contributed by atoms with Gasteiger partial charge in [0.05, 0.1) is 22.8 Å². The van der Waals surface area contributed by atoms with Crippen LogP contribution in [0.15, 0.2) is 158 Å². The Balaban J connectivity index is 1.15. The van der Waals surface area contributed by atoms with Crippen molar-refractivity contribution in [2.75, 3.05) is 5.32 Å². The molecule has 0 amide bonds. The number of hydrogen-bond acceptors (Lipinski definition) is 3. The van der Waals surface area contributed by atoms with E-state index < -0.39 is 0 Å². The van der Waals surface area contributed by atoms with Gasteiger partial charge in [-0.25, -0.2) is 22.2 Å². The zero-order chi connectivity index (χ0) is 34.6. The summed E-state index contributed by atoms with van der Waals surface area (Å²) >= 11 is 0. The van der Waals surface area contributed by atoms with Crippen LogP contribution in [0.1, 0.15) is 11.1 Å². The molecular weight excluding hydrogens is 636 g/mol. The number of benzene rings is 6. The number of anilines is 1. The Morgan fingerprint density at radius 1 is 0.520 bits per heavy atom. The third-order valence-corrected chi connectivity index (χ3v) is 8.20. The predicted octanol–water partition coefficient (Wildman–Crippen LogP) is 11.0. The topological polar surface area (TPSA) is 53.7 Å². The van der Waals surface area contributed by atoms with Crippen LogP contribution in [-0.4, -0.2) is 15.5 Å². The molecule has 0 aliphatic rings. The Morgan fingerprint density at radius 3 is 1.50 bits per heavy atom. The van der Waals surface area contributed by atoms with Gasteiger partial charge in [0.2, 0.25) is 0 Å². The second-order valence-corrected chi connectivity index (χ2v) is 11.6. The van der Waals surface area contributed by atoms with E-state index in [0.717, 1.165) is 39.3 Å². The fourth-order valence-electron chi connectivity index (χ4n) is 5.54. The Bertz CT molecular complexity index is 2290. The summed E-state index contributed by atoms with van der Waals surface area (Å²) in [6, 6.07) is 41.5. The number of allylic oxidation sites excluding steroid dienone is 1. The van der Waals surface area contributed by atoms with Gasteiger partial charge < -0.3 is 10.7 Å². The first-order chi connectivity index (χ1) is 24.3. The van der Waals surface area contributed by atoms with Crippen LogP contribution in [0.2, 0.25) is 0 Å². The molecule has 7 rings (SSSR count).